The molecule has 3 nitrogen and oxygen atoms in total. The van der Waals surface area contributed by atoms with Gasteiger partial charge in [-0.05, 0) is 43.7 Å². The Hall–Kier alpha value is -2.76. The molecule has 124 valence electrons. The van der Waals surface area contributed by atoms with Gasteiger partial charge in [-0.2, -0.15) is 18.3 Å². The number of phenols is 1. The van der Waals surface area contributed by atoms with Crippen molar-refractivity contribution in [1.82, 2.24) is 10.2 Å². The second-order valence-electron chi connectivity index (χ2n) is 5.66. The van der Waals surface area contributed by atoms with Crippen molar-refractivity contribution in [3.8, 4) is 28.3 Å². The molecule has 0 bridgehead atoms. The Morgan fingerprint density at radius 1 is 1.00 bits per heavy atom. The molecule has 0 amide bonds. The van der Waals surface area contributed by atoms with Gasteiger partial charge in [-0.25, -0.2) is 0 Å². The predicted octanol–water partition coefficient (Wildman–Crippen LogP) is 5.08. The minimum Gasteiger partial charge on any atom is -0.507 e. The molecule has 0 aliphatic rings. The molecule has 0 saturated heterocycles. The second kappa shape index (κ2) is 5.70. The lowest BCUT2D eigenvalue weighted by Crippen LogP contribution is -2.08. The summed E-state index contributed by atoms with van der Waals surface area (Å²) in [5.41, 5.74) is 2.30. The SMILES string of the molecule is Cc1ccc(O)c(-c2cc(-c3cccc(C(F)(F)F)c3C)n[nH]2)c1. The Kier molecular flexibility index (Phi) is 3.83. The highest BCUT2D eigenvalue weighted by molar-refractivity contribution is 5.74. The van der Waals surface area contributed by atoms with Gasteiger partial charge in [0.05, 0.1) is 17.0 Å². The van der Waals surface area contributed by atoms with E-state index >= 15 is 0 Å². The number of aromatic hydroxyl groups is 1. The van der Waals surface area contributed by atoms with E-state index in [9.17, 15) is 18.3 Å². The molecule has 0 aliphatic carbocycles. The Balaban J connectivity index is 2.08. The molecule has 3 aromatic rings. The second-order valence-corrected chi connectivity index (χ2v) is 5.66. The predicted molar refractivity (Wildman–Crippen MR) is 85.6 cm³/mol. The lowest BCUT2D eigenvalue weighted by Gasteiger charge is -2.12. The summed E-state index contributed by atoms with van der Waals surface area (Å²) in [5, 5.41) is 16.9. The van der Waals surface area contributed by atoms with Crippen molar-refractivity contribution in [3.63, 3.8) is 0 Å². The fourth-order valence-electron chi connectivity index (χ4n) is 2.68. The van der Waals surface area contributed by atoms with Crippen LogP contribution in [0.5, 0.6) is 5.75 Å². The van der Waals surface area contributed by atoms with Crippen LogP contribution in [0.1, 0.15) is 16.7 Å². The molecule has 0 aliphatic heterocycles. The number of hydrogen-bond acceptors (Lipinski definition) is 2. The molecule has 24 heavy (non-hydrogen) atoms. The highest BCUT2D eigenvalue weighted by Crippen LogP contribution is 2.37. The zero-order valence-corrected chi connectivity index (χ0v) is 13.1. The average Bonchev–Trinajstić information content (AvgIpc) is 2.98. The van der Waals surface area contributed by atoms with Crippen LogP contribution in [0, 0.1) is 13.8 Å². The number of hydrogen-bond donors (Lipinski definition) is 2. The van der Waals surface area contributed by atoms with E-state index < -0.39 is 11.7 Å². The average molecular weight is 332 g/mol. The first-order valence-corrected chi connectivity index (χ1v) is 7.30. The van der Waals surface area contributed by atoms with Crippen molar-refractivity contribution in [2.75, 3.05) is 0 Å². The number of alkyl halides is 3. The maximum Gasteiger partial charge on any atom is 0.416 e. The van der Waals surface area contributed by atoms with E-state index in [0.717, 1.165) is 11.6 Å². The first-order valence-electron chi connectivity index (χ1n) is 7.30. The normalized spacial score (nSPS) is 11.7. The van der Waals surface area contributed by atoms with E-state index in [0.29, 0.717) is 22.5 Å². The van der Waals surface area contributed by atoms with E-state index in [1.807, 2.05) is 6.92 Å². The number of H-pyrrole nitrogens is 1. The van der Waals surface area contributed by atoms with E-state index in [1.54, 1.807) is 30.3 Å². The molecule has 0 atom stereocenters. The van der Waals surface area contributed by atoms with E-state index in [4.69, 9.17) is 0 Å². The molecular formula is C18H15F3N2O. The van der Waals surface area contributed by atoms with E-state index in [2.05, 4.69) is 10.2 Å². The number of nitrogens with zero attached hydrogens (tertiary/aromatic N) is 1. The van der Waals surface area contributed by atoms with Crippen molar-refractivity contribution >= 4 is 0 Å². The molecule has 0 spiro atoms. The third-order valence-corrected chi connectivity index (χ3v) is 3.94. The summed E-state index contributed by atoms with van der Waals surface area (Å²) in [6, 6.07) is 10.8. The Bertz CT molecular complexity index is 898. The zero-order valence-electron chi connectivity index (χ0n) is 13.1. The molecule has 0 unspecified atom stereocenters. The van der Waals surface area contributed by atoms with Crippen molar-refractivity contribution in [3.05, 3.63) is 59.2 Å². The maximum atomic E-state index is 13.1. The van der Waals surface area contributed by atoms with Crippen molar-refractivity contribution in [2.45, 2.75) is 20.0 Å². The molecule has 6 heteroatoms. The van der Waals surface area contributed by atoms with Gasteiger partial charge in [0.25, 0.3) is 0 Å². The van der Waals surface area contributed by atoms with Crippen molar-refractivity contribution < 1.29 is 18.3 Å². The van der Waals surface area contributed by atoms with Gasteiger partial charge in [-0.15, -0.1) is 0 Å². The van der Waals surface area contributed by atoms with Crippen LogP contribution in [0.3, 0.4) is 0 Å². The Labute approximate surface area is 136 Å². The summed E-state index contributed by atoms with van der Waals surface area (Å²) < 4.78 is 39.2. The summed E-state index contributed by atoms with van der Waals surface area (Å²) in [6.45, 7) is 3.31. The van der Waals surface area contributed by atoms with Gasteiger partial charge in [-0.3, -0.25) is 5.10 Å². The topological polar surface area (TPSA) is 48.9 Å². The molecule has 2 aromatic carbocycles. The maximum absolute atomic E-state index is 13.1. The van der Waals surface area contributed by atoms with Crippen LogP contribution in [0.25, 0.3) is 22.5 Å². The van der Waals surface area contributed by atoms with Crippen LogP contribution < -0.4 is 0 Å². The zero-order chi connectivity index (χ0) is 17.5. The number of aryl methyl sites for hydroxylation is 1. The van der Waals surface area contributed by atoms with Gasteiger partial charge in [0, 0.05) is 11.1 Å². The quantitative estimate of drug-likeness (QED) is 0.687. The van der Waals surface area contributed by atoms with Crippen LogP contribution in [0.15, 0.2) is 42.5 Å². The first-order chi connectivity index (χ1) is 11.3. The summed E-state index contributed by atoms with van der Waals surface area (Å²) in [5.74, 6) is 0.0802. The highest BCUT2D eigenvalue weighted by atomic mass is 19.4. The van der Waals surface area contributed by atoms with Crippen LogP contribution in [-0.4, -0.2) is 15.3 Å². The summed E-state index contributed by atoms with van der Waals surface area (Å²) in [7, 11) is 0. The number of nitrogens with one attached hydrogen (secondary N) is 1. The monoisotopic (exact) mass is 332 g/mol. The number of benzene rings is 2. The van der Waals surface area contributed by atoms with Crippen LogP contribution in [-0.2, 0) is 6.18 Å². The Morgan fingerprint density at radius 3 is 2.46 bits per heavy atom. The molecule has 3 rings (SSSR count). The van der Waals surface area contributed by atoms with Gasteiger partial charge in [-0.1, -0.05) is 23.8 Å². The van der Waals surface area contributed by atoms with Gasteiger partial charge in [0.15, 0.2) is 0 Å². The van der Waals surface area contributed by atoms with Crippen LogP contribution in [0.4, 0.5) is 13.2 Å². The number of phenolic OH excluding ortho intramolecular Hbond substituents is 1. The standard InChI is InChI=1S/C18H15F3N2O/c1-10-6-7-17(24)13(8-10)16-9-15(22-23-16)12-4-3-5-14(11(12)2)18(19,20)21/h3-9,24H,1-2H3,(H,22,23). The minimum absolute atomic E-state index is 0.0802. The van der Waals surface area contributed by atoms with Crippen LogP contribution in [0.2, 0.25) is 0 Å². The molecular weight excluding hydrogens is 317 g/mol. The van der Waals surface area contributed by atoms with Gasteiger partial charge >= 0.3 is 6.18 Å². The van der Waals surface area contributed by atoms with Crippen molar-refractivity contribution in [1.29, 1.82) is 0 Å². The number of aromatic amines is 1. The highest BCUT2D eigenvalue weighted by Gasteiger charge is 2.33. The molecule has 1 heterocycles. The summed E-state index contributed by atoms with van der Waals surface area (Å²) in [6.07, 6.45) is -4.41. The first kappa shape index (κ1) is 16.1. The minimum atomic E-state index is -4.41. The molecule has 0 radical (unpaired) electrons. The number of aromatic nitrogens is 2. The van der Waals surface area contributed by atoms with Gasteiger partial charge in [0.2, 0.25) is 0 Å². The van der Waals surface area contributed by atoms with Gasteiger partial charge in [0.1, 0.15) is 5.75 Å². The fourth-order valence-corrected chi connectivity index (χ4v) is 2.68. The molecule has 1 aromatic heterocycles. The summed E-state index contributed by atoms with van der Waals surface area (Å²) in [4.78, 5) is 0. The largest absolute Gasteiger partial charge is 0.507 e. The smallest absolute Gasteiger partial charge is 0.416 e. The van der Waals surface area contributed by atoms with Crippen LogP contribution >= 0.6 is 0 Å². The van der Waals surface area contributed by atoms with Gasteiger partial charge < -0.3 is 5.11 Å². The number of halogens is 3. The van der Waals surface area contributed by atoms with Crippen molar-refractivity contribution in [2.24, 2.45) is 0 Å². The molecule has 0 saturated carbocycles. The molecule has 2 N–H and O–H groups in total. The summed E-state index contributed by atoms with van der Waals surface area (Å²) >= 11 is 0. The van der Waals surface area contributed by atoms with E-state index in [1.165, 1.54) is 13.0 Å². The van der Waals surface area contributed by atoms with E-state index in [-0.39, 0.29) is 11.3 Å². The fraction of sp³-hybridized carbons (Fsp3) is 0.167. The molecule has 0 fully saturated rings. The number of rotatable bonds is 2. The third-order valence-electron chi connectivity index (χ3n) is 3.94. The lowest BCUT2D eigenvalue weighted by molar-refractivity contribution is -0.138. The lowest BCUT2D eigenvalue weighted by atomic mass is 9.99. The third kappa shape index (κ3) is 2.87. The Morgan fingerprint density at radius 2 is 1.75 bits per heavy atom.